The average molecular weight is 245 g/mol. The molecule has 1 aliphatic rings. The van der Waals surface area contributed by atoms with Crippen LogP contribution in [0.1, 0.15) is 18.5 Å². The number of carbonyl (C=O) groups excluding carboxylic acids is 2. The molecule has 18 heavy (non-hydrogen) atoms. The van der Waals surface area contributed by atoms with Gasteiger partial charge in [0.15, 0.2) is 0 Å². The fourth-order valence-electron chi connectivity index (χ4n) is 2.00. The second-order valence-corrected chi connectivity index (χ2v) is 4.14. The number of amides is 2. The summed E-state index contributed by atoms with van der Waals surface area (Å²) in [4.78, 5) is 24.2. The van der Waals surface area contributed by atoms with Crippen LogP contribution in [0.5, 0.6) is 0 Å². The summed E-state index contributed by atoms with van der Waals surface area (Å²) < 4.78 is 0. The summed E-state index contributed by atoms with van der Waals surface area (Å²) in [5, 5.41) is 13.9. The van der Waals surface area contributed by atoms with Gasteiger partial charge in [-0.3, -0.25) is 0 Å². The maximum Gasteiger partial charge on any atom is 0.322 e. The van der Waals surface area contributed by atoms with Gasteiger partial charge in [0.25, 0.3) is 0 Å². The van der Waals surface area contributed by atoms with Crippen LogP contribution in [0, 0.1) is 0 Å². The van der Waals surface area contributed by atoms with E-state index in [1.54, 1.807) is 31.2 Å². The molecule has 1 heterocycles. The normalized spacial score (nSPS) is 19.8. The number of carbonyl (C=O) groups is 2. The van der Waals surface area contributed by atoms with Crippen molar-refractivity contribution in [2.45, 2.75) is 13.0 Å². The molecule has 2 amide bonds. The lowest BCUT2D eigenvalue weighted by Crippen LogP contribution is -2.48. The first-order valence-electron chi connectivity index (χ1n) is 5.53. The predicted molar refractivity (Wildman–Crippen MR) is 63.2 cm³/mol. The van der Waals surface area contributed by atoms with Gasteiger partial charge in [-0.25, -0.2) is 4.79 Å². The first-order chi connectivity index (χ1) is 8.52. The molecule has 1 aromatic carbocycles. The second-order valence-electron chi connectivity index (χ2n) is 4.14. The van der Waals surface area contributed by atoms with E-state index >= 15 is 0 Å². The predicted octanol–water partition coefficient (Wildman–Crippen LogP) is 0.407. The smallest absolute Gasteiger partial charge is 0.322 e. The number of carboxylic acids is 1. The molecular weight excluding hydrogens is 232 g/mol. The highest BCUT2D eigenvalue weighted by Gasteiger charge is 2.30. The summed E-state index contributed by atoms with van der Waals surface area (Å²) in [7, 11) is 1.52. The quantitative estimate of drug-likeness (QED) is 0.820. The summed E-state index contributed by atoms with van der Waals surface area (Å²) in [6.07, 6.45) is 0. The number of nitrogens with zero attached hydrogens (tertiary/aromatic N) is 1. The van der Waals surface area contributed by atoms with Gasteiger partial charge in [0.1, 0.15) is 0 Å². The molecule has 5 nitrogen and oxygen atoms in total. The van der Waals surface area contributed by atoms with Gasteiger partial charge in [0.05, 0.1) is 12.0 Å². The molecule has 0 aromatic heterocycles. The van der Waals surface area contributed by atoms with E-state index in [1.807, 2.05) is 6.07 Å². The number of allylic oxidation sites excluding steroid dienone is 1. The van der Waals surface area contributed by atoms with Crippen molar-refractivity contribution in [3.05, 3.63) is 47.2 Å². The monoisotopic (exact) mass is 245 g/mol. The Morgan fingerprint density at radius 3 is 2.50 bits per heavy atom. The van der Waals surface area contributed by atoms with Crippen molar-refractivity contribution in [2.24, 2.45) is 0 Å². The number of urea groups is 1. The molecule has 2 rings (SSSR count). The van der Waals surface area contributed by atoms with E-state index in [4.69, 9.17) is 0 Å². The molecule has 0 saturated heterocycles. The third kappa shape index (κ3) is 1.95. The third-order valence-corrected chi connectivity index (χ3v) is 3.11. The molecule has 0 aliphatic carbocycles. The van der Waals surface area contributed by atoms with Crippen LogP contribution in [-0.2, 0) is 4.79 Å². The molecule has 1 atom stereocenters. The van der Waals surface area contributed by atoms with Crippen LogP contribution in [-0.4, -0.2) is 23.9 Å². The average Bonchev–Trinajstić information content (AvgIpc) is 2.36. The Morgan fingerprint density at radius 2 is 1.94 bits per heavy atom. The number of carboxylic acid groups (broad SMARTS) is 1. The Kier molecular flexibility index (Phi) is 3.06. The van der Waals surface area contributed by atoms with Gasteiger partial charge >= 0.3 is 6.03 Å². The molecule has 0 saturated carbocycles. The molecular formula is C13H13N2O3-. The van der Waals surface area contributed by atoms with Crippen molar-refractivity contribution in [3.63, 3.8) is 0 Å². The fourth-order valence-corrected chi connectivity index (χ4v) is 2.00. The zero-order valence-electron chi connectivity index (χ0n) is 10.1. The maximum atomic E-state index is 11.7. The molecule has 0 bridgehead atoms. The van der Waals surface area contributed by atoms with Gasteiger partial charge < -0.3 is 20.1 Å². The molecule has 0 spiro atoms. The zero-order chi connectivity index (χ0) is 13.3. The Hall–Kier alpha value is -2.30. The minimum absolute atomic E-state index is 0.0864. The zero-order valence-corrected chi connectivity index (χ0v) is 10.1. The summed E-state index contributed by atoms with van der Waals surface area (Å²) in [5.41, 5.74) is 1.20. The number of aliphatic carboxylic acids is 1. The van der Waals surface area contributed by atoms with Crippen molar-refractivity contribution in [1.82, 2.24) is 10.2 Å². The van der Waals surface area contributed by atoms with Gasteiger partial charge in [-0.2, -0.15) is 0 Å². The summed E-state index contributed by atoms with van der Waals surface area (Å²) >= 11 is 0. The molecule has 1 N–H and O–H groups in total. The first kappa shape index (κ1) is 12.2. The number of rotatable bonds is 2. The van der Waals surface area contributed by atoms with Crippen molar-refractivity contribution < 1.29 is 14.7 Å². The van der Waals surface area contributed by atoms with Crippen LogP contribution >= 0.6 is 0 Å². The minimum atomic E-state index is -1.27. The standard InChI is InChI=1S/C13H14N2O3/c1-8-10(12(16)17)11(14-13(18)15(8)2)9-6-4-3-5-7-9/h3-7,11H,1-2H3,(H,14,18)(H,16,17)/p-1/t11-/m1/s1. The summed E-state index contributed by atoms with van der Waals surface area (Å²) in [6, 6.07) is 7.96. The SMILES string of the molecule is CC1=C(C(=O)[O-])[C@@H](c2ccccc2)NC(=O)N1C. The molecule has 0 radical (unpaired) electrons. The topological polar surface area (TPSA) is 72.5 Å². The van der Waals surface area contributed by atoms with E-state index < -0.39 is 12.0 Å². The van der Waals surface area contributed by atoms with Gasteiger partial charge in [-0.15, -0.1) is 0 Å². The van der Waals surface area contributed by atoms with E-state index in [1.165, 1.54) is 11.9 Å². The Labute approximate surface area is 105 Å². The van der Waals surface area contributed by atoms with Crippen molar-refractivity contribution in [1.29, 1.82) is 0 Å². The van der Waals surface area contributed by atoms with E-state index in [0.29, 0.717) is 5.70 Å². The highest BCUT2D eigenvalue weighted by molar-refractivity contribution is 5.92. The van der Waals surface area contributed by atoms with Gasteiger partial charge in [-0.05, 0) is 12.5 Å². The maximum absolute atomic E-state index is 11.7. The second kappa shape index (κ2) is 4.52. The molecule has 1 aliphatic heterocycles. The van der Waals surface area contributed by atoms with Gasteiger partial charge in [0.2, 0.25) is 0 Å². The fraction of sp³-hybridized carbons (Fsp3) is 0.231. The molecule has 1 aromatic rings. The Morgan fingerprint density at radius 1 is 1.33 bits per heavy atom. The summed E-state index contributed by atoms with van der Waals surface area (Å²) in [6.45, 7) is 1.60. The van der Waals surface area contributed by atoms with Gasteiger partial charge in [0, 0.05) is 18.3 Å². The lowest BCUT2D eigenvalue weighted by Gasteiger charge is -2.34. The Bertz CT molecular complexity index is 522. The molecule has 0 fully saturated rings. The highest BCUT2D eigenvalue weighted by atomic mass is 16.4. The van der Waals surface area contributed by atoms with Crippen molar-refractivity contribution in [2.75, 3.05) is 7.05 Å². The first-order valence-corrected chi connectivity index (χ1v) is 5.53. The van der Waals surface area contributed by atoms with Crippen LogP contribution in [0.2, 0.25) is 0 Å². The van der Waals surface area contributed by atoms with Gasteiger partial charge in [-0.1, -0.05) is 30.3 Å². The van der Waals surface area contributed by atoms with Crippen LogP contribution in [0.4, 0.5) is 4.79 Å². The molecule has 0 unspecified atom stereocenters. The summed E-state index contributed by atoms with van der Waals surface area (Å²) in [5.74, 6) is -1.27. The number of hydrogen-bond acceptors (Lipinski definition) is 3. The lowest BCUT2D eigenvalue weighted by molar-refractivity contribution is -0.300. The largest absolute Gasteiger partial charge is 0.545 e. The van der Waals surface area contributed by atoms with Crippen LogP contribution in [0.3, 0.4) is 0 Å². The van der Waals surface area contributed by atoms with Crippen LogP contribution < -0.4 is 10.4 Å². The molecule has 5 heteroatoms. The Balaban J connectivity index is 2.53. The van der Waals surface area contributed by atoms with Crippen molar-refractivity contribution >= 4 is 12.0 Å². The number of nitrogens with one attached hydrogen (secondary N) is 1. The molecule has 94 valence electrons. The number of hydrogen-bond donors (Lipinski definition) is 1. The number of benzene rings is 1. The third-order valence-electron chi connectivity index (χ3n) is 3.11. The highest BCUT2D eigenvalue weighted by Crippen LogP contribution is 2.28. The van der Waals surface area contributed by atoms with Crippen LogP contribution in [0.25, 0.3) is 0 Å². The van der Waals surface area contributed by atoms with E-state index in [2.05, 4.69) is 5.32 Å². The van der Waals surface area contributed by atoms with E-state index in [-0.39, 0.29) is 11.6 Å². The van der Waals surface area contributed by atoms with Crippen molar-refractivity contribution in [3.8, 4) is 0 Å². The lowest BCUT2D eigenvalue weighted by atomic mass is 9.95. The van der Waals surface area contributed by atoms with E-state index in [9.17, 15) is 14.7 Å². The van der Waals surface area contributed by atoms with Crippen LogP contribution in [0.15, 0.2) is 41.6 Å². The minimum Gasteiger partial charge on any atom is -0.545 e. The van der Waals surface area contributed by atoms with E-state index in [0.717, 1.165) is 5.56 Å².